The van der Waals surface area contributed by atoms with Gasteiger partial charge in [-0.2, -0.15) is 0 Å². The van der Waals surface area contributed by atoms with Crippen molar-refractivity contribution in [3.05, 3.63) is 257 Å². The number of aliphatic hydroxyl groups is 1. The molecule has 7 N–H and O–H groups in total. The summed E-state index contributed by atoms with van der Waals surface area (Å²) in [4.78, 5) is 82.2. The number of carboxylic acid groups (broad SMARTS) is 1. The van der Waals surface area contributed by atoms with Crippen molar-refractivity contribution in [1.29, 1.82) is 0 Å². The van der Waals surface area contributed by atoms with Gasteiger partial charge in [-0.15, -0.1) is 23.5 Å². The lowest BCUT2D eigenvalue weighted by Gasteiger charge is -2.37. The van der Waals surface area contributed by atoms with Crippen molar-refractivity contribution in [3.63, 3.8) is 0 Å². The highest BCUT2D eigenvalue weighted by molar-refractivity contribution is 8.01. The van der Waals surface area contributed by atoms with Gasteiger partial charge in [0.1, 0.15) is 24.7 Å². The van der Waals surface area contributed by atoms with Crippen LogP contribution in [-0.2, 0) is 48.3 Å². The molecule has 0 aromatic heterocycles. The van der Waals surface area contributed by atoms with Gasteiger partial charge in [0.2, 0.25) is 29.5 Å². The van der Waals surface area contributed by atoms with Crippen molar-refractivity contribution in [2.45, 2.75) is 85.1 Å². The van der Waals surface area contributed by atoms with Crippen LogP contribution in [0.1, 0.15) is 78.5 Å². The summed E-state index contributed by atoms with van der Waals surface area (Å²) in [5.74, 6) is -5.75. The maximum atomic E-state index is 14.9. The van der Waals surface area contributed by atoms with Gasteiger partial charge < -0.3 is 31.5 Å². The predicted octanol–water partition coefficient (Wildman–Crippen LogP) is 9.04. The number of aliphatic carboxylic acids is 1. The Hall–Kier alpha value is -8.29. The van der Waals surface area contributed by atoms with Gasteiger partial charge in [0.15, 0.2) is 0 Å². The first kappa shape index (κ1) is 64.3. The van der Waals surface area contributed by atoms with Crippen molar-refractivity contribution in [3.8, 4) is 0 Å². The fourth-order valence-electron chi connectivity index (χ4n) is 9.83. The van der Waals surface area contributed by atoms with E-state index in [1.807, 2.05) is 150 Å². The zero-order valence-electron chi connectivity index (χ0n) is 47.5. The number of aliphatic hydroxyl groups excluding tert-OH is 1. The van der Waals surface area contributed by atoms with Crippen molar-refractivity contribution in [2.24, 2.45) is 5.92 Å². The molecule has 0 saturated carbocycles. The summed E-state index contributed by atoms with van der Waals surface area (Å²) >= 11 is 3.05. The molecule has 7 aromatic carbocycles. The number of nitrogens with one attached hydrogen (secondary N) is 5. The molecule has 7 aromatic rings. The minimum atomic E-state index is -4.35. The average molecular weight is 1200 g/mol. The number of benzene rings is 7. The summed E-state index contributed by atoms with van der Waals surface area (Å²) in [7, 11) is -4.35. The Kier molecular flexibility index (Phi) is 23.5. The van der Waals surface area contributed by atoms with E-state index in [9.17, 15) is 47.4 Å². The highest BCUT2D eigenvalue weighted by atomic mass is 32.2. The van der Waals surface area contributed by atoms with Gasteiger partial charge in [-0.25, -0.2) is 13.1 Å². The maximum Gasteiger partial charge on any atom is 0.322 e. The van der Waals surface area contributed by atoms with Crippen LogP contribution in [0.4, 0.5) is 0 Å². The Bertz CT molecular complexity index is 3260. The average Bonchev–Trinajstić information content (AvgIpc) is 3.13. The first-order valence-corrected chi connectivity index (χ1v) is 31.4. The summed E-state index contributed by atoms with van der Waals surface area (Å²) < 4.78 is 27.1. The zero-order chi connectivity index (χ0) is 60.8. The zero-order valence-corrected chi connectivity index (χ0v) is 50.0. The van der Waals surface area contributed by atoms with Crippen LogP contribution in [0.3, 0.4) is 0 Å². The fraction of sp³-hybridized carbons (Fsp3) is 0.254. The first-order chi connectivity index (χ1) is 40.9. The number of allylic oxidation sites excluding steroid dienone is 1. The van der Waals surface area contributed by atoms with E-state index in [2.05, 4.69) is 57.7 Å². The third-order valence-corrected chi connectivity index (χ3v) is 18.7. The van der Waals surface area contributed by atoms with Crippen LogP contribution in [0.5, 0.6) is 0 Å². The Labute approximate surface area is 506 Å². The fourth-order valence-corrected chi connectivity index (χ4v) is 13.9. The Morgan fingerprint density at radius 2 is 0.965 bits per heavy atom. The Morgan fingerprint density at radius 1 is 0.541 bits per heavy atom. The van der Waals surface area contributed by atoms with Crippen molar-refractivity contribution < 1.29 is 47.4 Å². The van der Waals surface area contributed by atoms with Crippen LogP contribution in [-0.4, -0.2) is 96.4 Å². The molecule has 0 aliphatic heterocycles. The van der Waals surface area contributed by atoms with Gasteiger partial charge in [0.25, 0.3) is 10.0 Å². The number of hydrogen-bond acceptors (Lipinski definition) is 11. The topological polar surface area (TPSA) is 237 Å². The second-order valence-electron chi connectivity index (χ2n) is 20.6. The van der Waals surface area contributed by atoms with Crippen LogP contribution in [0.25, 0.3) is 0 Å². The molecule has 0 fully saturated rings. The van der Waals surface area contributed by atoms with E-state index in [1.54, 1.807) is 50.7 Å². The van der Waals surface area contributed by atoms with Crippen molar-refractivity contribution >= 4 is 69.1 Å². The standard InChI is InChI=1S/C67H71N5O10S3/c1-47(2)62(65(80)68-45-61(76)77)71-64(79)58(46-84-67(52-30-16-7-17-31-52,53-32-18-8-19-33-53)54-34-20-9-21-35-54)70-63(78)57(41-42-59(74)72-85(81,82)56-39-37-48(3)38-40-56)69-60(75)44-55(73)36-22-23-43-83-66(49-24-10-4-11-25-49,50-26-12-5-13-27-50)51-28-14-6-15-29-51/h4-22,24-40,47,55,57-58,62,73H,23,41-46H2,1-3H3,(H,68,80)(H,69,75)(H,70,78)(H,71,79)(H,72,74)(H,76,77)/t55-,57-,58-,62-/m1/s1. The predicted molar refractivity (Wildman–Crippen MR) is 335 cm³/mol. The quantitative estimate of drug-likeness (QED) is 0.0127. The van der Waals surface area contributed by atoms with E-state index in [0.29, 0.717) is 12.2 Å². The van der Waals surface area contributed by atoms with Crippen LogP contribution in [0.2, 0.25) is 0 Å². The molecular weight excluding hydrogens is 1130 g/mol. The van der Waals surface area contributed by atoms with Gasteiger partial charge in [-0.1, -0.05) is 226 Å². The highest BCUT2D eigenvalue weighted by Crippen LogP contribution is 2.50. The monoisotopic (exact) mass is 1200 g/mol. The van der Waals surface area contributed by atoms with Gasteiger partial charge in [0.05, 0.1) is 26.9 Å². The molecule has 4 atom stereocenters. The van der Waals surface area contributed by atoms with Crippen LogP contribution in [0, 0.1) is 12.8 Å². The van der Waals surface area contributed by atoms with E-state index in [1.165, 1.54) is 30.0 Å². The third-order valence-electron chi connectivity index (χ3n) is 14.1. The first-order valence-electron chi connectivity index (χ1n) is 27.9. The lowest BCUT2D eigenvalue weighted by molar-refractivity contribution is -0.139. The molecule has 0 aliphatic carbocycles. The lowest BCUT2D eigenvalue weighted by atomic mass is 9.84. The number of rotatable bonds is 30. The molecule has 85 heavy (non-hydrogen) atoms. The SMILES string of the molecule is Cc1ccc(S(=O)(=O)NC(=O)CC[C@@H](NC(=O)C[C@H](O)C=CCCSC(c2ccccc2)(c2ccccc2)c2ccccc2)C(=O)N[C@H](CSC(c2ccccc2)(c2ccccc2)c2ccccc2)C(=O)N[C@@H](C(=O)NCC(=O)O)C(C)C)cc1. The highest BCUT2D eigenvalue weighted by Gasteiger charge is 2.41. The smallest absolute Gasteiger partial charge is 0.322 e. The van der Waals surface area contributed by atoms with Crippen molar-refractivity contribution in [2.75, 3.05) is 18.1 Å². The van der Waals surface area contributed by atoms with E-state index in [-0.39, 0.29) is 10.6 Å². The number of sulfonamides is 1. The molecule has 442 valence electrons. The second kappa shape index (κ2) is 31.0. The number of thioether (sulfide) groups is 2. The molecule has 0 bridgehead atoms. The molecule has 7 rings (SSSR count). The third kappa shape index (κ3) is 17.4. The second-order valence-corrected chi connectivity index (χ2v) is 24.8. The Morgan fingerprint density at radius 3 is 1.39 bits per heavy atom. The van der Waals surface area contributed by atoms with Gasteiger partial charge in [-0.05, 0) is 76.9 Å². The number of carbonyl (C=O) groups is 6. The molecule has 0 spiro atoms. The molecule has 0 aliphatic rings. The minimum absolute atomic E-state index is 0.168. The maximum absolute atomic E-state index is 14.9. The van der Waals surface area contributed by atoms with E-state index < -0.39 is 111 Å². The summed E-state index contributed by atoms with van der Waals surface area (Å²) in [6.45, 7) is 4.38. The number of carboxylic acids is 1. The summed E-state index contributed by atoms with van der Waals surface area (Å²) in [5, 5.41) is 31.2. The molecule has 0 unspecified atom stereocenters. The van der Waals surface area contributed by atoms with E-state index in [4.69, 9.17) is 0 Å². The number of aryl methyl sites for hydroxylation is 1. The molecule has 5 amide bonds. The molecule has 0 saturated heterocycles. The molecule has 0 radical (unpaired) electrons. The van der Waals surface area contributed by atoms with E-state index >= 15 is 0 Å². The lowest BCUT2D eigenvalue weighted by Crippen LogP contribution is -2.59. The molecular formula is C67H71N5O10S3. The Balaban J connectivity index is 1.15. The van der Waals surface area contributed by atoms with Crippen molar-refractivity contribution in [1.82, 2.24) is 26.0 Å². The normalized spacial score (nSPS) is 13.2. The number of amides is 5. The van der Waals surface area contributed by atoms with Crippen LogP contribution in [0.15, 0.2) is 223 Å². The summed E-state index contributed by atoms with van der Waals surface area (Å²) in [5.41, 5.74) is 6.56. The van der Waals surface area contributed by atoms with Gasteiger partial charge in [0, 0.05) is 12.2 Å². The molecule has 18 heteroatoms. The van der Waals surface area contributed by atoms with Gasteiger partial charge >= 0.3 is 5.97 Å². The van der Waals surface area contributed by atoms with Gasteiger partial charge in [-0.3, -0.25) is 28.8 Å². The summed E-state index contributed by atoms with van der Waals surface area (Å²) in [6.07, 6.45) is 0.898. The summed E-state index contributed by atoms with van der Waals surface area (Å²) in [6, 6.07) is 60.9. The minimum Gasteiger partial charge on any atom is -0.480 e. The molecule has 0 heterocycles. The van der Waals surface area contributed by atoms with Crippen LogP contribution >= 0.6 is 23.5 Å². The van der Waals surface area contributed by atoms with E-state index in [0.717, 1.165) is 38.9 Å². The molecule has 15 nitrogen and oxygen atoms in total. The number of carbonyl (C=O) groups excluding carboxylic acids is 5. The largest absolute Gasteiger partial charge is 0.480 e. The van der Waals surface area contributed by atoms with Crippen LogP contribution < -0.4 is 26.0 Å². The number of hydrogen-bond donors (Lipinski definition) is 7.